The van der Waals surface area contributed by atoms with E-state index in [2.05, 4.69) is 10.3 Å². The van der Waals surface area contributed by atoms with Crippen molar-refractivity contribution in [2.45, 2.75) is 18.2 Å². The normalized spacial score (nSPS) is 14.3. The van der Waals surface area contributed by atoms with Crippen molar-refractivity contribution in [2.24, 2.45) is 0 Å². The summed E-state index contributed by atoms with van der Waals surface area (Å²) in [4.78, 5) is 15.3. The van der Waals surface area contributed by atoms with Crippen molar-refractivity contribution >= 4 is 23.7 Å². The predicted octanol–water partition coefficient (Wildman–Crippen LogP) is 1.46. The van der Waals surface area contributed by atoms with E-state index in [0.717, 1.165) is 6.20 Å². The Bertz CT molecular complexity index is 450. The highest BCUT2D eigenvalue weighted by Crippen LogP contribution is 2.10. The first kappa shape index (κ1) is 15.7. The number of thioether (sulfide) groups is 1. The van der Waals surface area contributed by atoms with E-state index in [1.807, 2.05) is 13.2 Å². The first-order valence-electron chi connectivity index (χ1n) is 5.79. The van der Waals surface area contributed by atoms with Gasteiger partial charge < -0.3 is 10.4 Å². The molecule has 1 rings (SSSR count). The Morgan fingerprint density at radius 3 is 2.95 bits per heavy atom. The fourth-order valence-corrected chi connectivity index (χ4v) is 2.12. The van der Waals surface area contributed by atoms with E-state index in [-0.39, 0.29) is 23.8 Å². The van der Waals surface area contributed by atoms with Gasteiger partial charge in [-0.3, -0.25) is 9.78 Å². The van der Waals surface area contributed by atoms with Gasteiger partial charge in [0.15, 0.2) is 0 Å². The summed E-state index contributed by atoms with van der Waals surface area (Å²) in [6, 6.07) is 1.14. The summed E-state index contributed by atoms with van der Waals surface area (Å²) in [7, 11) is 0. The molecule has 0 aromatic carbocycles. The zero-order chi connectivity index (χ0) is 14.3. The van der Waals surface area contributed by atoms with Gasteiger partial charge in [-0.1, -0.05) is 0 Å². The number of halogens is 1. The van der Waals surface area contributed by atoms with Gasteiger partial charge in [-0.15, -0.1) is 0 Å². The molecular formula is C13H17FN2O2S. The number of aliphatic hydroxyl groups excluding tert-OH is 1. The number of amides is 1. The number of aromatic nitrogens is 1. The summed E-state index contributed by atoms with van der Waals surface area (Å²) in [5, 5.41) is 11.8. The molecule has 1 heterocycles. The van der Waals surface area contributed by atoms with Crippen LogP contribution in [-0.2, 0) is 4.79 Å². The molecule has 104 valence electrons. The van der Waals surface area contributed by atoms with Crippen LogP contribution in [0.2, 0.25) is 0 Å². The summed E-state index contributed by atoms with van der Waals surface area (Å²) in [5.74, 6) is -0.733. The largest absolute Gasteiger partial charge is 0.395 e. The quantitative estimate of drug-likeness (QED) is 0.776. The van der Waals surface area contributed by atoms with Crippen LogP contribution in [0.1, 0.15) is 12.5 Å². The lowest BCUT2D eigenvalue weighted by molar-refractivity contribution is -0.117. The standard InChI is InChI=1S/C13H17FN2O2S/c1-9(12(8-17)19-2)16-13(18)4-3-10-5-11(14)7-15-6-10/h3-7,9,12,17H,8H2,1-2H3,(H,16,18)/b4-3+. The fraction of sp³-hybridized carbons (Fsp3) is 0.385. The number of nitrogens with zero attached hydrogens (tertiary/aromatic N) is 1. The van der Waals surface area contributed by atoms with Gasteiger partial charge in [-0.05, 0) is 30.9 Å². The Balaban J connectivity index is 2.55. The molecule has 0 aliphatic carbocycles. The highest BCUT2D eigenvalue weighted by Gasteiger charge is 2.15. The molecule has 0 aliphatic heterocycles. The van der Waals surface area contributed by atoms with Gasteiger partial charge in [-0.25, -0.2) is 4.39 Å². The second-order valence-corrected chi connectivity index (χ2v) is 5.10. The lowest BCUT2D eigenvalue weighted by Crippen LogP contribution is -2.40. The first-order valence-corrected chi connectivity index (χ1v) is 7.08. The summed E-state index contributed by atoms with van der Waals surface area (Å²) in [5.41, 5.74) is 0.520. The van der Waals surface area contributed by atoms with Gasteiger partial charge in [0.25, 0.3) is 0 Å². The molecule has 6 heteroatoms. The summed E-state index contributed by atoms with van der Waals surface area (Å²) >= 11 is 1.49. The number of aliphatic hydroxyl groups is 1. The molecule has 2 N–H and O–H groups in total. The summed E-state index contributed by atoms with van der Waals surface area (Å²) in [6.45, 7) is 1.83. The van der Waals surface area contributed by atoms with Gasteiger partial charge in [0.1, 0.15) is 5.82 Å². The number of rotatable bonds is 6. The summed E-state index contributed by atoms with van der Waals surface area (Å²) in [6.07, 6.45) is 7.25. The van der Waals surface area contributed by atoms with E-state index in [1.54, 1.807) is 0 Å². The topological polar surface area (TPSA) is 62.2 Å². The maximum absolute atomic E-state index is 12.9. The molecule has 0 saturated heterocycles. The van der Waals surface area contributed by atoms with E-state index in [9.17, 15) is 9.18 Å². The number of hydrogen-bond acceptors (Lipinski definition) is 4. The molecule has 0 aliphatic rings. The van der Waals surface area contributed by atoms with Crippen LogP contribution in [0.4, 0.5) is 4.39 Å². The Morgan fingerprint density at radius 1 is 1.63 bits per heavy atom. The van der Waals surface area contributed by atoms with Crippen molar-refractivity contribution < 1.29 is 14.3 Å². The molecule has 0 fully saturated rings. The fourth-order valence-electron chi connectivity index (χ4n) is 1.49. The number of carbonyl (C=O) groups excluding carboxylic acids is 1. The van der Waals surface area contributed by atoms with E-state index in [0.29, 0.717) is 5.56 Å². The molecule has 2 atom stereocenters. The molecule has 0 saturated carbocycles. The molecule has 0 radical (unpaired) electrons. The SMILES string of the molecule is CSC(CO)C(C)NC(=O)/C=C/c1cncc(F)c1. The minimum atomic E-state index is -0.446. The van der Waals surface area contributed by atoms with Crippen LogP contribution in [0, 0.1) is 5.82 Å². The molecule has 1 amide bonds. The van der Waals surface area contributed by atoms with Gasteiger partial charge in [-0.2, -0.15) is 11.8 Å². The molecule has 19 heavy (non-hydrogen) atoms. The lowest BCUT2D eigenvalue weighted by Gasteiger charge is -2.20. The van der Waals surface area contributed by atoms with Crippen LogP contribution in [0.5, 0.6) is 0 Å². The zero-order valence-electron chi connectivity index (χ0n) is 10.8. The van der Waals surface area contributed by atoms with E-state index in [4.69, 9.17) is 5.11 Å². The average Bonchev–Trinajstić information content (AvgIpc) is 2.38. The molecular weight excluding hydrogens is 267 g/mol. The van der Waals surface area contributed by atoms with Gasteiger partial charge in [0.05, 0.1) is 12.8 Å². The van der Waals surface area contributed by atoms with Crippen LogP contribution in [0.3, 0.4) is 0 Å². The summed E-state index contributed by atoms with van der Waals surface area (Å²) < 4.78 is 12.9. The third kappa shape index (κ3) is 5.40. The Kier molecular flexibility index (Phi) is 6.52. The van der Waals surface area contributed by atoms with E-state index >= 15 is 0 Å². The van der Waals surface area contributed by atoms with Crippen molar-refractivity contribution in [3.05, 3.63) is 35.9 Å². The minimum absolute atomic E-state index is 0.000143. The van der Waals surface area contributed by atoms with Crippen LogP contribution >= 0.6 is 11.8 Å². The first-order chi connectivity index (χ1) is 9.06. The van der Waals surface area contributed by atoms with Crippen LogP contribution in [-0.4, -0.2) is 40.2 Å². The zero-order valence-corrected chi connectivity index (χ0v) is 11.7. The smallest absolute Gasteiger partial charge is 0.244 e. The third-order valence-corrected chi connectivity index (χ3v) is 3.73. The molecule has 0 bridgehead atoms. The van der Waals surface area contributed by atoms with E-state index < -0.39 is 5.82 Å². The Hall–Kier alpha value is -1.40. The molecule has 2 unspecified atom stereocenters. The van der Waals surface area contributed by atoms with Crippen LogP contribution in [0.15, 0.2) is 24.5 Å². The lowest BCUT2D eigenvalue weighted by atomic mass is 10.2. The van der Waals surface area contributed by atoms with Crippen LogP contribution < -0.4 is 5.32 Å². The monoisotopic (exact) mass is 284 g/mol. The number of hydrogen-bond donors (Lipinski definition) is 2. The maximum atomic E-state index is 12.9. The molecule has 1 aromatic heterocycles. The van der Waals surface area contributed by atoms with Crippen molar-refractivity contribution in [1.82, 2.24) is 10.3 Å². The number of carbonyl (C=O) groups is 1. The third-order valence-electron chi connectivity index (χ3n) is 2.56. The second-order valence-electron chi connectivity index (χ2n) is 4.02. The van der Waals surface area contributed by atoms with Crippen molar-refractivity contribution in [1.29, 1.82) is 0 Å². The van der Waals surface area contributed by atoms with Crippen molar-refractivity contribution in [2.75, 3.05) is 12.9 Å². The highest BCUT2D eigenvalue weighted by atomic mass is 32.2. The van der Waals surface area contributed by atoms with Crippen molar-refractivity contribution in [3.63, 3.8) is 0 Å². The van der Waals surface area contributed by atoms with Gasteiger partial charge in [0.2, 0.25) is 5.91 Å². The minimum Gasteiger partial charge on any atom is -0.395 e. The van der Waals surface area contributed by atoms with Crippen LogP contribution in [0.25, 0.3) is 6.08 Å². The van der Waals surface area contributed by atoms with Crippen molar-refractivity contribution in [3.8, 4) is 0 Å². The average molecular weight is 284 g/mol. The number of pyridine rings is 1. The Morgan fingerprint density at radius 2 is 2.37 bits per heavy atom. The molecule has 1 aromatic rings. The van der Waals surface area contributed by atoms with E-state index in [1.165, 1.54) is 36.2 Å². The highest BCUT2D eigenvalue weighted by molar-refractivity contribution is 7.99. The molecule has 0 spiro atoms. The maximum Gasteiger partial charge on any atom is 0.244 e. The Labute approximate surface area is 116 Å². The van der Waals surface area contributed by atoms with Gasteiger partial charge >= 0.3 is 0 Å². The predicted molar refractivity (Wildman–Crippen MR) is 75.2 cm³/mol. The van der Waals surface area contributed by atoms with Gasteiger partial charge in [0, 0.05) is 23.6 Å². The number of nitrogens with one attached hydrogen (secondary N) is 1. The molecule has 4 nitrogen and oxygen atoms in total. The second kappa shape index (κ2) is 7.91.